The molecule has 142 valence electrons. The van der Waals surface area contributed by atoms with Crippen LogP contribution in [0.15, 0.2) is 53.2 Å². The van der Waals surface area contributed by atoms with E-state index in [1.165, 1.54) is 0 Å². The highest BCUT2D eigenvalue weighted by Gasteiger charge is 2.11. The van der Waals surface area contributed by atoms with Crippen molar-refractivity contribution < 1.29 is 18.7 Å². The van der Waals surface area contributed by atoms with Crippen LogP contribution >= 0.6 is 0 Å². The number of carbonyl (C=O) groups excluding carboxylic acids is 1. The molecule has 3 rings (SSSR count). The minimum Gasteiger partial charge on any atom is -0.497 e. The monoisotopic (exact) mass is 369 g/mol. The summed E-state index contributed by atoms with van der Waals surface area (Å²) in [5.74, 6) is 2.10. The maximum Gasteiger partial charge on any atom is 0.286 e. The number of rotatable bonds is 9. The molecule has 0 atom stereocenters. The molecule has 0 spiro atoms. The van der Waals surface area contributed by atoms with Crippen LogP contribution in [-0.4, -0.2) is 29.3 Å². The van der Waals surface area contributed by atoms with Crippen molar-refractivity contribution >= 4 is 5.91 Å². The lowest BCUT2D eigenvalue weighted by Gasteiger charge is -2.05. The Kier molecular flexibility index (Phi) is 6.14. The van der Waals surface area contributed by atoms with Gasteiger partial charge in [0.05, 0.1) is 13.3 Å². The molecule has 0 fully saturated rings. The molecule has 0 aliphatic carbocycles. The average Bonchev–Trinajstić information content (AvgIpc) is 3.33. The minimum atomic E-state index is -0.234. The van der Waals surface area contributed by atoms with E-state index in [2.05, 4.69) is 10.4 Å². The van der Waals surface area contributed by atoms with Gasteiger partial charge < -0.3 is 19.2 Å². The van der Waals surface area contributed by atoms with E-state index in [-0.39, 0.29) is 18.3 Å². The molecular formula is C20H23N3O4. The van der Waals surface area contributed by atoms with Crippen LogP contribution < -0.4 is 14.8 Å². The molecule has 27 heavy (non-hydrogen) atoms. The Morgan fingerprint density at radius 1 is 1.19 bits per heavy atom. The van der Waals surface area contributed by atoms with E-state index in [0.717, 1.165) is 24.3 Å². The Morgan fingerprint density at radius 3 is 2.67 bits per heavy atom. The number of hydrogen-bond acceptors (Lipinski definition) is 5. The zero-order chi connectivity index (χ0) is 19.1. The lowest BCUT2D eigenvalue weighted by Crippen LogP contribution is -2.24. The first-order valence-corrected chi connectivity index (χ1v) is 8.77. The van der Waals surface area contributed by atoms with Gasteiger partial charge in [0.1, 0.15) is 23.9 Å². The summed E-state index contributed by atoms with van der Waals surface area (Å²) in [6.07, 6.45) is 4.58. The number of aryl methyl sites for hydroxylation is 2. The first-order chi connectivity index (χ1) is 13.1. The van der Waals surface area contributed by atoms with Gasteiger partial charge in [0, 0.05) is 19.3 Å². The fourth-order valence-electron chi connectivity index (χ4n) is 2.52. The molecule has 0 unspecified atom stereocenters. The second-order valence-electron chi connectivity index (χ2n) is 6.12. The Bertz CT molecular complexity index is 867. The highest BCUT2D eigenvalue weighted by Crippen LogP contribution is 2.18. The number of nitrogens with one attached hydrogen (secondary N) is 1. The number of methoxy groups -OCH3 is 1. The van der Waals surface area contributed by atoms with Crippen molar-refractivity contribution in [2.24, 2.45) is 0 Å². The maximum absolute atomic E-state index is 12.1. The van der Waals surface area contributed by atoms with Gasteiger partial charge in [0.25, 0.3) is 5.91 Å². The molecule has 0 bridgehead atoms. The molecule has 1 N–H and O–H groups in total. The van der Waals surface area contributed by atoms with Gasteiger partial charge in [-0.2, -0.15) is 5.10 Å². The lowest BCUT2D eigenvalue weighted by atomic mass is 10.3. The second-order valence-corrected chi connectivity index (χ2v) is 6.12. The zero-order valence-electron chi connectivity index (χ0n) is 15.5. The summed E-state index contributed by atoms with van der Waals surface area (Å²) in [7, 11) is 1.61. The highest BCUT2D eigenvalue weighted by atomic mass is 16.5. The van der Waals surface area contributed by atoms with Crippen LogP contribution in [0.25, 0.3) is 0 Å². The third-order valence-corrected chi connectivity index (χ3v) is 3.94. The zero-order valence-corrected chi connectivity index (χ0v) is 15.5. The van der Waals surface area contributed by atoms with E-state index in [0.29, 0.717) is 18.1 Å². The summed E-state index contributed by atoms with van der Waals surface area (Å²) in [6, 6.07) is 10.7. The van der Waals surface area contributed by atoms with E-state index in [1.54, 1.807) is 19.2 Å². The van der Waals surface area contributed by atoms with Gasteiger partial charge in [0.15, 0.2) is 5.76 Å². The van der Waals surface area contributed by atoms with Crippen molar-refractivity contribution in [3.8, 4) is 11.5 Å². The van der Waals surface area contributed by atoms with Crippen LogP contribution in [0.1, 0.15) is 28.3 Å². The Hall–Kier alpha value is -3.22. The van der Waals surface area contributed by atoms with Crippen molar-refractivity contribution in [1.82, 2.24) is 15.1 Å². The van der Waals surface area contributed by atoms with E-state index in [4.69, 9.17) is 13.9 Å². The predicted molar refractivity (Wildman–Crippen MR) is 99.9 cm³/mol. The Balaban J connectivity index is 1.41. The van der Waals surface area contributed by atoms with Gasteiger partial charge in [-0.25, -0.2) is 0 Å². The molecular weight excluding hydrogens is 346 g/mol. The van der Waals surface area contributed by atoms with E-state index in [1.807, 2.05) is 48.3 Å². The third-order valence-electron chi connectivity index (χ3n) is 3.94. The van der Waals surface area contributed by atoms with Crippen molar-refractivity contribution in [2.75, 3.05) is 13.7 Å². The maximum atomic E-state index is 12.1. The minimum absolute atomic E-state index is 0.234. The van der Waals surface area contributed by atoms with Gasteiger partial charge in [-0.3, -0.25) is 9.48 Å². The third kappa shape index (κ3) is 5.37. The van der Waals surface area contributed by atoms with Crippen LogP contribution in [0.5, 0.6) is 11.5 Å². The summed E-state index contributed by atoms with van der Waals surface area (Å²) < 4.78 is 18.2. The molecule has 0 aliphatic heterocycles. The smallest absolute Gasteiger partial charge is 0.286 e. The molecule has 7 nitrogen and oxygen atoms in total. The first-order valence-electron chi connectivity index (χ1n) is 8.77. The summed E-state index contributed by atoms with van der Waals surface area (Å²) in [6.45, 7) is 3.56. The number of benzene rings is 1. The molecule has 3 aromatic rings. The molecule has 7 heteroatoms. The van der Waals surface area contributed by atoms with Crippen molar-refractivity contribution in [3.05, 3.63) is 65.9 Å². The standard InChI is InChI=1S/C20H23N3O4/c1-15-12-22-23(13-15)11-3-10-21-20(24)19-9-8-18(27-19)14-26-17-6-4-16(25-2)5-7-17/h4-9,12-13H,3,10-11,14H2,1-2H3,(H,21,24). The first kappa shape index (κ1) is 18.6. The largest absolute Gasteiger partial charge is 0.497 e. The van der Waals surface area contributed by atoms with E-state index in [9.17, 15) is 4.79 Å². The fraction of sp³-hybridized carbons (Fsp3) is 0.300. The van der Waals surface area contributed by atoms with Crippen molar-refractivity contribution in [2.45, 2.75) is 26.5 Å². The van der Waals surface area contributed by atoms with Crippen LogP contribution in [0.4, 0.5) is 0 Å². The second kappa shape index (κ2) is 8.93. The number of furan rings is 1. The number of nitrogens with zero attached hydrogens (tertiary/aromatic N) is 2. The number of amides is 1. The van der Waals surface area contributed by atoms with Crippen LogP contribution in [0.2, 0.25) is 0 Å². The van der Waals surface area contributed by atoms with Crippen LogP contribution in [-0.2, 0) is 13.2 Å². The molecule has 0 radical (unpaired) electrons. The summed E-state index contributed by atoms with van der Waals surface area (Å²) >= 11 is 0. The number of ether oxygens (including phenoxy) is 2. The van der Waals surface area contributed by atoms with Crippen LogP contribution in [0.3, 0.4) is 0 Å². The predicted octanol–water partition coefficient (Wildman–Crippen LogP) is 3.19. The molecule has 2 heterocycles. The molecule has 0 aliphatic rings. The van der Waals surface area contributed by atoms with E-state index >= 15 is 0 Å². The Labute approximate surface area is 157 Å². The van der Waals surface area contributed by atoms with Crippen LogP contribution in [0, 0.1) is 6.92 Å². The van der Waals surface area contributed by atoms with E-state index < -0.39 is 0 Å². The topological polar surface area (TPSA) is 78.5 Å². The summed E-state index contributed by atoms with van der Waals surface area (Å²) in [4.78, 5) is 12.1. The summed E-state index contributed by atoms with van der Waals surface area (Å²) in [5.41, 5.74) is 1.12. The van der Waals surface area contributed by atoms with Gasteiger partial charge in [-0.15, -0.1) is 0 Å². The molecule has 0 saturated heterocycles. The highest BCUT2D eigenvalue weighted by molar-refractivity contribution is 5.91. The van der Waals surface area contributed by atoms with Gasteiger partial charge in [-0.05, 0) is 55.3 Å². The van der Waals surface area contributed by atoms with Gasteiger partial charge in [-0.1, -0.05) is 0 Å². The average molecular weight is 369 g/mol. The molecule has 2 aromatic heterocycles. The summed E-state index contributed by atoms with van der Waals surface area (Å²) in [5, 5.41) is 7.06. The van der Waals surface area contributed by atoms with Crippen molar-refractivity contribution in [1.29, 1.82) is 0 Å². The quantitative estimate of drug-likeness (QED) is 0.586. The van der Waals surface area contributed by atoms with Gasteiger partial charge >= 0.3 is 0 Å². The SMILES string of the molecule is COc1ccc(OCc2ccc(C(=O)NCCCn3cc(C)cn3)o2)cc1. The number of hydrogen-bond donors (Lipinski definition) is 1. The normalized spacial score (nSPS) is 10.6. The lowest BCUT2D eigenvalue weighted by molar-refractivity contribution is 0.0921. The van der Waals surface area contributed by atoms with Crippen molar-refractivity contribution in [3.63, 3.8) is 0 Å². The fourth-order valence-corrected chi connectivity index (χ4v) is 2.52. The molecule has 0 saturated carbocycles. The molecule has 1 amide bonds. The molecule has 1 aromatic carbocycles. The number of carbonyl (C=O) groups is 1. The van der Waals surface area contributed by atoms with Gasteiger partial charge in [0.2, 0.25) is 0 Å². The number of aromatic nitrogens is 2. The Morgan fingerprint density at radius 2 is 1.96 bits per heavy atom.